The second kappa shape index (κ2) is 7.84. The normalized spacial score (nSPS) is 17.8. The number of fused-ring (bicyclic) bond motifs is 1. The molecule has 28 heavy (non-hydrogen) atoms. The van der Waals surface area contributed by atoms with E-state index in [-0.39, 0.29) is 11.7 Å². The van der Waals surface area contributed by atoms with Gasteiger partial charge in [-0.3, -0.25) is 9.59 Å². The second-order valence-electron chi connectivity index (χ2n) is 7.31. The summed E-state index contributed by atoms with van der Waals surface area (Å²) in [5, 5.41) is 0.650. The van der Waals surface area contributed by atoms with Gasteiger partial charge in [-0.2, -0.15) is 0 Å². The summed E-state index contributed by atoms with van der Waals surface area (Å²) in [7, 11) is 0. The molecule has 0 radical (unpaired) electrons. The Morgan fingerprint density at radius 2 is 1.82 bits per heavy atom. The Kier molecular flexibility index (Phi) is 5.27. The average Bonchev–Trinajstić information content (AvgIpc) is 2.70. The minimum absolute atomic E-state index is 0.0614. The van der Waals surface area contributed by atoms with E-state index in [4.69, 9.17) is 21.1 Å². The van der Waals surface area contributed by atoms with Gasteiger partial charge in [-0.05, 0) is 36.4 Å². The molecule has 0 unspecified atom stereocenters. The summed E-state index contributed by atoms with van der Waals surface area (Å²) in [4.78, 5) is 26.8. The van der Waals surface area contributed by atoms with Crippen molar-refractivity contribution in [1.29, 1.82) is 0 Å². The number of carbonyl (C=O) groups excluding carboxylic acids is 2. The number of likely N-dealkylation sites (tertiary alicyclic amines) is 1. The highest BCUT2D eigenvalue weighted by molar-refractivity contribution is 6.30. The van der Waals surface area contributed by atoms with E-state index in [0.717, 1.165) is 0 Å². The zero-order valence-corrected chi connectivity index (χ0v) is 16.3. The quantitative estimate of drug-likeness (QED) is 0.775. The Bertz CT molecular complexity index is 872. The van der Waals surface area contributed by atoms with Gasteiger partial charge in [0.05, 0.1) is 25.0 Å². The van der Waals surface area contributed by atoms with E-state index >= 15 is 0 Å². The molecular weight excluding hydrogens is 378 g/mol. The summed E-state index contributed by atoms with van der Waals surface area (Å²) in [5.74, 6) is 1.54. The molecule has 0 N–H and O–H groups in total. The van der Waals surface area contributed by atoms with Crippen LogP contribution >= 0.6 is 11.6 Å². The molecule has 0 saturated carbocycles. The summed E-state index contributed by atoms with van der Waals surface area (Å²) >= 11 is 5.85. The number of hydrogen-bond acceptors (Lipinski definition) is 4. The van der Waals surface area contributed by atoms with Gasteiger partial charge in [-0.1, -0.05) is 23.7 Å². The van der Waals surface area contributed by atoms with E-state index in [2.05, 4.69) is 0 Å². The fourth-order valence-electron chi connectivity index (χ4n) is 3.83. The molecule has 6 heteroatoms. The van der Waals surface area contributed by atoms with Crippen LogP contribution in [0.25, 0.3) is 0 Å². The minimum Gasteiger partial charge on any atom is -0.493 e. The molecule has 0 aromatic heterocycles. The van der Waals surface area contributed by atoms with E-state index in [0.29, 0.717) is 67.5 Å². The Morgan fingerprint density at radius 1 is 1.11 bits per heavy atom. The van der Waals surface area contributed by atoms with E-state index in [1.807, 2.05) is 29.2 Å². The number of nitrogens with zero attached hydrogens (tertiary/aromatic N) is 1. The second-order valence-corrected chi connectivity index (χ2v) is 7.75. The highest BCUT2D eigenvalue weighted by atomic mass is 35.5. The predicted octanol–water partition coefficient (Wildman–Crippen LogP) is 4.14. The van der Waals surface area contributed by atoms with Gasteiger partial charge in [-0.25, -0.2) is 0 Å². The van der Waals surface area contributed by atoms with Gasteiger partial charge in [-0.15, -0.1) is 0 Å². The SMILES string of the molecule is O=C1CC2(CCN(C(=O)CCOc3ccc(Cl)cc3)CC2)Oc2ccccc21. The molecule has 0 atom stereocenters. The first kappa shape index (κ1) is 18.8. The molecular formula is C22H22ClNO4. The van der Waals surface area contributed by atoms with Crippen molar-refractivity contribution < 1.29 is 19.1 Å². The lowest BCUT2D eigenvalue weighted by Gasteiger charge is -2.44. The van der Waals surface area contributed by atoms with Crippen molar-refractivity contribution in [3.8, 4) is 11.5 Å². The first-order chi connectivity index (χ1) is 13.5. The zero-order chi connectivity index (χ0) is 19.6. The van der Waals surface area contributed by atoms with Crippen LogP contribution in [0.1, 0.15) is 36.0 Å². The lowest BCUT2D eigenvalue weighted by Crippen LogP contribution is -2.52. The van der Waals surface area contributed by atoms with Crippen LogP contribution in [0.4, 0.5) is 0 Å². The van der Waals surface area contributed by atoms with Crippen LogP contribution in [-0.2, 0) is 4.79 Å². The number of Topliss-reactive ketones (excluding diaryl/α,β-unsaturated/α-hetero) is 1. The molecule has 4 rings (SSSR count). The summed E-state index contributed by atoms with van der Waals surface area (Å²) in [6.45, 7) is 1.51. The van der Waals surface area contributed by atoms with E-state index in [1.165, 1.54) is 0 Å². The molecule has 5 nitrogen and oxygen atoms in total. The molecule has 1 amide bonds. The number of hydrogen-bond donors (Lipinski definition) is 0. The van der Waals surface area contributed by atoms with Crippen molar-refractivity contribution in [3.63, 3.8) is 0 Å². The maximum atomic E-state index is 12.5. The summed E-state index contributed by atoms with van der Waals surface area (Å²) in [6, 6.07) is 14.5. The smallest absolute Gasteiger partial charge is 0.226 e. The molecule has 2 aliphatic rings. The average molecular weight is 400 g/mol. The van der Waals surface area contributed by atoms with Crippen molar-refractivity contribution in [1.82, 2.24) is 4.90 Å². The fraction of sp³-hybridized carbons (Fsp3) is 0.364. The minimum atomic E-state index is -0.484. The van der Waals surface area contributed by atoms with Crippen molar-refractivity contribution in [2.75, 3.05) is 19.7 Å². The lowest BCUT2D eigenvalue weighted by molar-refractivity contribution is -0.135. The topological polar surface area (TPSA) is 55.8 Å². The van der Waals surface area contributed by atoms with Crippen molar-refractivity contribution >= 4 is 23.3 Å². The van der Waals surface area contributed by atoms with Crippen LogP contribution in [-0.4, -0.2) is 41.9 Å². The van der Waals surface area contributed by atoms with E-state index in [1.54, 1.807) is 24.3 Å². The van der Waals surface area contributed by atoms with Crippen LogP contribution in [0.5, 0.6) is 11.5 Å². The van der Waals surface area contributed by atoms with Crippen LogP contribution in [0, 0.1) is 0 Å². The number of carbonyl (C=O) groups is 2. The molecule has 2 heterocycles. The molecule has 2 aromatic carbocycles. The molecule has 1 spiro atoms. The van der Waals surface area contributed by atoms with Gasteiger partial charge in [0.1, 0.15) is 17.1 Å². The van der Waals surface area contributed by atoms with Crippen LogP contribution in [0.3, 0.4) is 0 Å². The largest absolute Gasteiger partial charge is 0.493 e. The third kappa shape index (κ3) is 3.99. The number of benzene rings is 2. The fourth-order valence-corrected chi connectivity index (χ4v) is 3.96. The molecule has 146 valence electrons. The number of halogens is 1. The Morgan fingerprint density at radius 3 is 2.57 bits per heavy atom. The van der Waals surface area contributed by atoms with Crippen molar-refractivity contribution in [2.24, 2.45) is 0 Å². The molecule has 0 aliphatic carbocycles. The van der Waals surface area contributed by atoms with Crippen LogP contribution in [0.2, 0.25) is 5.02 Å². The Balaban J connectivity index is 1.29. The zero-order valence-electron chi connectivity index (χ0n) is 15.5. The summed E-state index contributed by atoms with van der Waals surface area (Å²) < 4.78 is 11.8. The number of piperidine rings is 1. The number of ether oxygens (including phenoxy) is 2. The standard InChI is InChI=1S/C22H22ClNO4/c23-16-5-7-17(8-6-16)27-14-9-21(26)24-12-10-22(11-13-24)15-19(25)18-3-1-2-4-20(18)28-22/h1-8H,9-15H2. The van der Waals surface area contributed by atoms with Crippen LogP contribution in [0.15, 0.2) is 48.5 Å². The molecule has 1 fully saturated rings. The van der Waals surface area contributed by atoms with Crippen molar-refractivity contribution in [2.45, 2.75) is 31.3 Å². The third-order valence-electron chi connectivity index (χ3n) is 5.42. The van der Waals surface area contributed by atoms with Gasteiger partial charge in [0.2, 0.25) is 5.91 Å². The van der Waals surface area contributed by atoms with Crippen LogP contribution < -0.4 is 9.47 Å². The maximum Gasteiger partial charge on any atom is 0.226 e. The third-order valence-corrected chi connectivity index (χ3v) is 5.67. The van der Waals surface area contributed by atoms with Gasteiger partial charge >= 0.3 is 0 Å². The van der Waals surface area contributed by atoms with E-state index < -0.39 is 5.60 Å². The van der Waals surface area contributed by atoms with Gasteiger partial charge in [0.25, 0.3) is 0 Å². The number of amides is 1. The molecule has 2 aliphatic heterocycles. The molecule has 0 bridgehead atoms. The predicted molar refractivity (Wildman–Crippen MR) is 106 cm³/mol. The number of para-hydroxylation sites is 1. The highest BCUT2D eigenvalue weighted by Crippen LogP contribution is 2.39. The monoisotopic (exact) mass is 399 g/mol. The molecule has 1 saturated heterocycles. The Hall–Kier alpha value is -2.53. The van der Waals surface area contributed by atoms with Gasteiger partial charge in [0, 0.05) is 31.0 Å². The summed E-state index contributed by atoms with van der Waals surface area (Å²) in [5.41, 5.74) is 0.174. The summed E-state index contributed by atoms with van der Waals surface area (Å²) in [6.07, 6.45) is 2.03. The number of rotatable bonds is 4. The first-order valence-electron chi connectivity index (χ1n) is 9.52. The van der Waals surface area contributed by atoms with Gasteiger partial charge in [0.15, 0.2) is 5.78 Å². The lowest BCUT2D eigenvalue weighted by atomic mass is 9.82. The highest BCUT2D eigenvalue weighted by Gasteiger charge is 2.43. The molecule has 2 aromatic rings. The first-order valence-corrected chi connectivity index (χ1v) is 9.90. The maximum absolute atomic E-state index is 12.5. The van der Waals surface area contributed by atoms with E-state index in [9.17, 15) is 9.59 Å². The Labute approximate surface area is 169 Å². The van der Waals surface area contributed by atoms with Gasteiger partial charge < -0.3 is 14.4 Å². The number of ketones is 1. The van der Waals surface area contributed by atoms with Crippen molar-refractivity contribution in [3.05, 3.63) is 59.1 Å².